The maximum atomic E-state index is 6.14. The average Bonchev–Trinajstić information content (AvgIpc) is 3.12. The standard InChI is InChI=1S/C18H23N7O/c1-3-25-7-6-19-10-14(25)12-26-18-17-16(20-4-5-21-17)8-15(23-18)13-9-22-24(2)11-13/h4-5,8-9,11,14,19H,3,6-7,10,12H2,1-2H3/t14-/m0/s1. The maximum absolute atomic E-state index is 6.14. The maximum Gasteiger partial charge on any atom is 0.242 e. The molecule has 0 aliphatic carbocycles. The molecule has 0 saturated carbocycles. The summed E-state index contributed by atoms with van der Waals surface area (Å²) in [5.41, 5.74) is 3.17. The number of fused-ring (bicyclic) bond motifs is 1. The Balaban J connectivity index is 1.64. The molecule has 0 spiro atoms. The minimum atomic E-state index is 0.323. The van der Waals surface area contributed by atoms with Crippen LogP contribution in [0.1, 0.15) is 6.92 Å². The Bertz CT molecular complexity index is 894. The van der Waals surface area contributed by atoms with Crippen LogP contribution in [0.3, 0.4) is 0 Å². The predicted molar refractivity (Wildman–Crippen MR) is 98.9 cm³/mol. The Morgan fingerprint density at radius 3 is 3.00 bits per heavy atom. The zero-order valence-corrected chi connectivity index (χ0v) is 15.1. The average molecular weight is 353 g/mol. The molecule has 0 bridgehead atoms. The largest absolute Gasteiger partial charge is 0.474 e. The van der Waals surface area contributed by atoms with E-state index in [1.54, 1.807) is 23.3 Å². The van der Waals surface area contributed by atoms with Crippen LogP contribution < -0.4 is 10.1 Å². The summed E-state index contributed by atoms with van der Waals surface area (Å²) in [5.74, 6) is 0.524. The first-order valence-corrected chi connectivity index (χ1v) is 8.93. The molecule has 8 nitrogen and oxygen atoms in total. The fourth-order valence-corrected chi connectivity index (χ4v) is 3.30. The third-order valence-corrected chi connectivity index (χ3v) is 4.72. The highest BCUT2D eigenvalue weighted by Gasteiger charge is 2.22. The Hall–Kier alpha value is -2.58. The van der Waals surface area contributed by atoms with Gasteiger partial charge in [-0.1, -0.05) is 6.92 Å². The second-order valence-corrected chi connectivity index (χ2v) is 6.44. The monoisotopic (exact) mass is 353 g/mol. The Kier molecular flexibility index (Phi) is 4.77. The van der Waals surface area contributed by atoms with E-state index in [0.717, 1.165) is 43.0 Å². The summed E-state index contributed by atoms with van der Waals surface area (Å²) in [6.07, 6.45) is 7.07. The van der Waals surface area contributed by atoms with Crippen molar-refractivity contribution in [2.45, 2.75) is 13.0 Å². The van der Waals surface area contributed by atoms with Crippen molar-refractivity contribution in [1.29, 1.82) is 0 Å². The van der Waals surface area contributed by atoms with Crippen LogP contribution in [0.2, 0.25) is 0 Å². The topological polar surface area (TPSA) is 81.0 Å². The summed E-state index contributed by atoms with van der Waals surface area (Å²) in [6, 6.07) is 2.25. The van der Waals surface area contributed by atoms with E-state index in [1.165, 1.54) is 0 Å². The highest BCUT2D eigenvalue weighted by atomic mass is 16.5. The lowest BCUT2D eigenvalue weighted by atomic mass is 10.2. The number of pyridine rings is 1. The Morgan fingerprint density at radius 2 is 2.19 bits per heavy atom. The van der Waals surface area contributed by atoms with Crippen LogP contribution in [0.15, 0.2) is 30.9 Å². The fraction of sp³-hybridized carbons (Fsp3) is 0.444. The SMILES string of the molecule is CCN1CCNC[C@H]1COc1nc(-c2cnn(C)c2)cc2nccnc12. The van der Waals surface area contributed by atoms with Crippen molar-refractivity contribution < 1.29 is 4.74 Å². The molecule has 8 heteroatoms. The second kappa shape index (κ2) is 7.35. The van der Waals surface area contributed by atoms with Gasteiger partial charge in [0.05, 0.1) is 23.4 Å². The third kappa shape index (κ3) is 3.38. The van der Waals surface area contributed by atoms with Crippen molar-refractivity contribution in [3.63, 3.8) is 0 Å². The first-order valence-electron chi connectivity index (χ1n) is 8.93. The number of nitrogens with zero attached hydrogens (tertiary/aromatic N) is 6. The van der Waals surface area contributed by atoms with Crippen molar-refractivity contribution in [1.82, 2.24) is 34.9 Å². The van der Waals surface area contributed by atoms with E-state index in [-0.39, 0.29) is 0 Å². The predicted octanol–water partition coefficient (Wildman–Crippen LogP) is 1.10. The van der Waals surface area contributed by atoms with Gasteiger partial charge in [-0.25, -0.2) is 9.97 Å². The number of hydrogen-bond acceptors (Lipinski definition) is 7. The van der Waals surface area contributed by atoms with E-state index in [0.29, 0.717) is 24.0 Å². The zero-order valence-electron chi connectivity index (χ0n) is 15.1. The number of aromatic nitrogens is 5. The van der Waals surface area contributed by atoms with Gasteiger partial charge < -0.3 is 10.1 Å². The summed E-state index contributed by atoms with van der Waals surface area (Å²) in [4.78, 5) is 16.0. The van der Waals surface area contributed by atoms with Crippen molar-refractivity contribution in [2.24, 2.45) is 7.05 Å². The molecule has 3 aromatic rings. The molecular formula is C18H23N7O. The highest BCUT2D eigenvalue weighted by Crippen LogP contribution is 2.26. The molecule has 1 aliphatic rings. The summed E-state index contributed by atoms with van der Waals surface area (Å²) in [5, 5.41) is 7.66. The summed E-state index contributed by atoms with van der Waals surface area (Å²) >= 11 is 0. The van der Waals surface area contributed by atoms with Crippen molar-refractivity contribution >= 4 is 11.0 Å². The second-order valence-electron chi connectivity index (χ2n) is 6.44. The van der Waals surface area contributed by atoms with Gasteiger partial charge in [0.15, 0.2) is 5.52 Å². The van der Waals surface area contributed by atoms with Crippen LogP contribution in [0.25, 0.3) is 22.3 Å². The van der Waals surface area contributed by atoms with Gasteiger partial charge in [-0.05, 0) is 12.6 Å². The quantitative estimate of drug-likeness (QED) is 0.735. The summed E-state index contributed by atoms with van der Waals surface area (Å²) < 4.78 is 7.89. The van der Waals surface area contributed by atoms with Gasteiger partial charge in [0.25, 0.3) is 0 Å². The third-order valence-electron chi connectivity index (χ3n) is 4.72. The molecule has 1 aliphatic heterocycles. The van der Waals surface area contributed by atoms with E-state index in [1.807, 2.05) is 19.3 Å². The van der Waals surface area contributed by atoms with E-state index in [2.05, 4.69) is 32.2 Å². The lowest BCUT2D eigenvalue weighted by molar-refractivity contribution is 0.115. The molecule has 1 N–H and O–H groups in total. The van der Waals surface area contributed by atoms with E-state index in [4.69, 9.17) is 9.72 Å². The molecule has 0 radical (unpaired) electrons. The van der Waals surface area contributed by atoms with Crippen LogP contribution in [-0.2, 0) is 7.05 Å². The molecule has 0 amide bonds. The first kappa shape index (κ1) is 16.9. The van der Waals surface area contributed by atoms with E-state index >= 15 is 0 Å². The molecule has 4 heterocycles. The minimum Gasteiger partial charge on any atom is -0.474 e. The normalized spacial score (nSPS) is 18.3. The number of rotatable bonds is 5. The minimum absolute atomic E-state index is 0.323. The molecular weight excluding hydrogens is 330 g/mol. The van der Waals surface area contributed by atoms with Gasteiger partial charge in [0, 0.05) is 50.8 Å². The van der Waals surface area contributed by atoms with Crippen molar-refractivity contribution in [3.05, 3.63) is 30.9 Å². The molecule has 4 rings (SSSR count). The molecule has 136 valence electrons. The first-order chi connectivity index (χ1) is 12.7. The van der Waals surface area contributed by atoms with Gasteiger partial charge in [-0.15, -0.1) is 0 Å². The highest BCUT2D eigenvalue weighted by molar-refractivity contribution is 5.83. The molecule has 26 heavy (non-hydrogen) atoms. The number of nitrogens with one attached hydrogen (secondary N) is 1. The number of likely N-dealkylation sites (N-methyl/N-ethyl adjacent to an activating group) is 1. The Morgan fingerprint density at radius 1 is 1.31 bits per heavy atom. The zero-order chi connectivity index (χ0) is 17.9. The molecule has 1 atom stereocenters. The fourth-order valence-electron chi connectivity index (χ4n) is 3.30. The Labute approximate surface area is 152 Å². The molecule has 0 unspecified atom stereocenters. The van der Waals surface area contributed by atoms with Gasteiger partial charge >= 0.3 is 0 Å². The van der Waals surface area contributed by atoms with Gasteiger partial charge in [0.1, 0.15) is 6.61 Å². The van der Waals surface area contributed by atoms with Gasteiger partial charge in [-0.2, -0.15) is 5.10 Å². The van der Waals surface area contributed by atoms with Gasteiger partial charge in [0.2, 0.25) is 5.88 Å². The summed E-state index contributed by atoms with van der Waals surface area (Å²) in [6.45, 7) is 6.73. The van der Waals surface area contributed by atoms with Crippen LogP contribution in [-0.4, -0.2) is 68.5 Å². The van der Waals surface area contributed by atoms with Gasteiger partial charge in [-0.3, -0.25) is 14.6 Å². The number of hydrogen-bond donors (Lipinski definition) is 1. The van der Waals surface area contributed by atoms with E-state index in [9.17, 15) is 0 Å². The number of ether oxygens (including phenoxy) is 1. The number of aryl methyl sites for hydroxylation is 1. The number of piperazine rings is 1. The van der Waals surface area contributed by atoms with E-state index < -0.39 is 0 Å². The van der Waals surface area contributed by atoms with Crippen LogP contribution >= 0.6 is 0 Å². The molecule has 1 saturated heterocycles. The van der Waals surface area contributed by atoms with Crippen LogP contribution in [0, 0.1) is 0 Å². The lowest BCUT2D eigenvalue weighted by Gasteiger charge is -2.34. The smallest absolute Gasteiger partial charge is 0.242 e. The van der Waals surface area contributed by atoms with Crippen LogP contribution in [0.5, 0.6) is 5.88 Å². The molecule has 3 aromatic heterocycles. The summed E-state index contributed by atoms with van der Waals surface area (Å²) in [7, 11) is 1.89. The molecule has 0 aromatic carbocycles. The molecule has 1 fully saturated rings. The lowest BCUT2D eigenvalue weighted by Crippen LogP contribution is -2.53. The van der Waals surface area contributed by atoms with Crippen molar-refractivity contribution in [2.75, 3.05) is 32.8 Å². The van der Waals surface area contributed by atoms with Crippen LogP contribution in [0.4, 0.5) is 0 Å². The van der Waals surface area contributed by atoms with Crippen molar-refractivity contribution in [3.8, 4) is 17.1 Å².